The first kappa shape index (κ1) is 20.0. The summed E-state index contributed by atoms with van der Waals surface area (Å²) in [6, 6.07) is 4.05. The van der Waals surface area contributed by atoms with Crippen LogP contribution in [0.3, 0.4) is 0 Å². The highest BCUT2D eigenvalue weighted by atomic mass is 127. The molecule has 0 saturated heterocycles. The van der Waals surface area contributed by atoms with Crippen LogP contribution in [0.1, 0.15) is 25.2 Å². The van der Waals surface area contributed by atoms with E-state index in [2.05, 4.69) is 27.6 Å². The van der Waals surface area contributed by atoms with Crippen LogP contribution >= 0.6 is 22.6 Å². The quantitative estimate of drug-likeness (QED) is 0.566. The number of halogens is 1. The number of rotatable bonds is 0. The topological polar surface area (TPSA) is 59.0 Å². The van der Waals surface area contributed by atoms with Crippen LogP contribution in [-0.4, -0.2) is 56.8 Å². The van der Waals surface area contributed by atoms with Gasteiger partial charge in [-0.05, 0) is 48.6 Å². The summed E-state index contributed by atoms with van der Waals surface area (Å²) in [5.74, 6) is 0. The molecule has 2 atom stereocenters. The van der Waals surface area contributed by atoms with E-state index in [0.717, 1.165) is 15.0 Å². The van der Waals surface area contributed by atoms with Crippen LogP contribution in [-0.2, 0) is 36.9 Å². The van der Waals surface area contributed by atoms with Gasteiger partial charge >= 0.3 is 0 Å². The predicted molar refractivity (Wildman–Crippen MR) is 97.9 cm³/mol. The van der Waals surface area contributed by atoms with Crippen LogP contribution in [0.2, 0.25) is 0 Å². The number of hydrogen-bond donors (Lipinski definition) is 0. The fourth-order valence-corrected chi connectivity index (χ4v) is 2.86. The molecule has 0 aliphatic carbocycles. The van der Waals surface area contributed by atoms with E-state index in [-0.39, 0.29) is 12.2 Å². The van der Waals surface area contributed by atoms with Gasteiger partial charge in [0, 0.05) is 3.57 Å². The average molecular weight is 451 g/mol. The van der Waals surface area contributed by atoms with Crippen molar-refractivity contribution in [1.82, 2.24) is 4.98 Å². The number of ether oxygens (including phenoxy) is 5. The van der Waals surface area contributed by atoms with Crippen LogP contribution in [0.4, 0.5) is 0 Å². The third-order valence-corrected chi connectivity index (χ3v) is 4.00. The van der Waals surface area contributed by atoms with E-state index in [9.17, 15) is 0 Å². The zero-order chi connectivity index (χ0) is 17.2. The highest BCUT2D eigenvalue weighted by Crippen LogP contribution is 2.12. The SMILES string of the molecule is C[C@H]1COCCOCCOC[C@H](C)OCc2cc(I)cc(n2)CO1. The predicted octanol–water partition coefficient (Wildman–Crippen LogP) is 2.56. The van der Waals surface area contributed by atoms with Crippen LogP contribution < -0.4 is 0 Å². The maximum Gasteiger partial charge on any atom is 0.0893 e. The Hall–Kier alpha value is -0.320. The Morgan fingerprint density at radius 2 is 1.29 bits per heavy atom. The minimum atomic E-state index is 0.00612. The molecule has 1 aliphatic rings. The summed E-state index contributed by atoms with van der Waals surface area (Å²) in [5.41, 5.74) is 1.81. The molecule has 2 bridgehead atoms. The second-order valence-corrected chi connectivity index (χ2v) is 7.02. The molecule has 7 heteroatoms. The minimum Gasteiger partial charge on any atom is -0.377 e. The lowest BCUT2D eigenvalue weighted by Gasteiger charge is -2.16. The highest BCUT2D eigenvalue weighted by molar-refractivity contribution is 14.1. The van der Waals surface area contributed by atoms with Crippen molar-refractivity contribution < 1.29 is 23.7 Å². The Labute approximate surface area is 157 Å². The summed E-state index contributed by atoms with van der Waals surface area (Å²) in [5, 5.41) is 0. The maximum absolute atomic E-state index is 5.81. The van der Waals surface area contributed by atoms with Crippen molar-refractivity contribution in [2.45, 2.75) is 39.3 Å². The molecule has 0 radical (unpaired) electrons. The van der Waals surface area contributed by atoms with Gasteiger partial charge in [-0.3, -0.25) is 4.98 Å². The second kappa shape index (κ2) is 11.3. The molecule has 0 N–H and O–H groups in total. The second-order valence-electron chi connectivity index (χ2n) is 5.77. The maximum atomic E-state index is 5.81. The van der Waals surface area contributed by atoms with Gasteiger partial charge in [-0.15, -0.1) is 0 Å². The van der Waals surface area contributed by atoms with Gasteiger partial charge in [0.25, 0.3) is 0 Å². The van der Waals surface area contributed by atoms with Crippen molar-refractivity contribution in [3.05, 3.63) is 27.1 Å². The number of pyridine rings is 1. The monoisotopic (exact) mass is 451 g/mol. The fraction of sp³-hybridized carbons (Fsp3) is 0.706. The fourth-order valence-electron chi connectivity index (χ4n) is 2.14. The molecule has 0 spiro atoms. The van der Waals surface area contributed by atoms with Gasteiger partial charge in [0.05, 0.1) is 76.5 Å². The van der Waals surface area contributed by atoms with E-state index in [4.69, 9.17) is 23.7 Å². The Morgan fingerprint density at radius 1 is 0.833 bits per heavy atom. The van der Waals surface area contributed by atoms with Crippen molar-refractivity contribution in [2.24, 2.45) is 0 Å². The minimum absolute atomic E-state index is 0.00612. The Kier molecular flexibility index (Phi) is 9.44. The molecule has 0 fully saturated rings. The van der Waals surface area contributed by atoms with Crippen molar-refractivity contribution in [3.63, 3.8) is 0 Å². The van der Waals surface area contributed by atoms with Crippen LogP contribution in [0.5, 0.6) is 0 Å². The summed E-state index contributed by atoms with van der Waals surface area (Å²) in [6.45, 7) is 8.21. The summed E-state index contributed by atoms with van der Waals surface area (Å²) >= 11 is 2.29. The van der Waals surface area contributed by atoms with Gasteiger partial charge < -0.3 is 23.7 Å². The molecule has 136 valence electrons. The zero-order valence-electron chi connectivity index (χ0n) is 14.3. The number of hydrogen-bond acceptors (Lipinski definition) is 6. The van der Waals surface area contributed by atoms with E-state index >= 15 is 0 Å². The average Bonchev–Trinajstić information content (AvgIpc) is 2.55. The molecule has 0 saturated carbocycles. The van der Waals surface area contributed by atoms with E-state index in [1.165, 1.54) is 0 Å². The molecule has 0 amide bonds. The molecule has 2 rings (SSSR count). The van der Waals surface area contributed by atoms with Gasteiger partial charge in [0.1, 0.15) is 0 Å². The van der Waals surface area contributed by atoms with Gasteiger partial charge in [-0.25, -0.2) is 0 Å². The molecule has 24 heavy (non-hydrogen) atoms. The van der Waals surface area contributed by atoms with E-state index in [1.54, 1.807) is 0 Å². The van der Waals surface area contributed by atoms with Crippen molar-refractivity contribution in [2.75, 3.05) is 39.6 Å². The number of aromatic nitrogens is 1. The Morgan fingerprint density at radius 3 is 1.79 bits per heavy atom. The molecular formula is C17H26INO5. The lowest BCUT2D eigenvalue weighted by molar-refractivity contribution is -0.0481. The van der Waals surface area contributed by atoms with Gasteiger partial charge in [-0.1, -0.05) is 0 Å². The third-order valence-electron chi connectivity index (χ3n) is 3.38. The van der Waals surface area contributed by atoms with Crippen molar-refractivity contribution in [1.29, 1.82) is 0 Å². The van der Waals surface area contributed by atoms with Crippen LogP contribution in [0.25, 0.3) is 0 Å². The molecule has 1 aromatic rings. The first-order valence-electron chi connectivity index (χ1n) is 8.25. The standard InChI is InChI=1S/C17H26INO5/c1-13-9-21-5-3-20-4-6-22-10-14(2)24-12-17-8-15(18)7-16(19-17)11-23-13/h7-8,13-14H,3-6,9-12H2,1-2H3/t13-,14-/m0/s1. The number of nitrogens with zero attached hydrogens (tertiary/aromatic N) is 1. The lowest BCUT2D eigenvalue weighted by Crippen LogP contribution is -2.20. The smallest absolute Gasteiger partial charge is 0.0893 e. The first-order valence-corrected chi connectivity index (χ1v) is 9.33. The molecule has 1 aromatic heterocycles. The van der Waals surface area contributed by atoms with E-state index in [0.29, 0.717) is 52.9 Å². The molecule has 0 unspecified atom stereocenters. The Balaban J connectivity index is 1.95. The molecular weight excluding hydrogens is 425 g/mol. The van der Waals surface area contributed by atoms with Crippen molar-refractivity contribution in [3.8, 4) is 0 Å². The normalized spacial score (nSPS) is 25.6. The molecule has 2 heterocycles. The van der Waals surface area contributed by atoms with Crippen molar-refractivity contribution >= 4 is 22.6 Å². The summed E-state index contributed by atoms with van der Waals surface area (Å²) in [6.07, 6.45) is 0.0122. The summed E-state index contributed by atoms with van der Waals surface area (Å²) in [4.78, 5) is 4.61. The van der Waals surface area contributed by atoms with Gasteiger partial charge in [0.2, 0.25) is 0 Å². The van der Waals surface area contributed by atoms with Gasteiger partial charge in [0.15, 0.2) is 0 Å². The molecule has 0 aromatic carbocycles. The molecule has 1 aliphatic heterocycles. The summed E-state index contributed by atoms with van der Waals surface area (Å²) in [7, 11) is 0. The lowest BCUT2D eigenvalue weighted by atomic mass is 10.3. The number of fused-ring (bicyclic) bond motifs is 2. The first-order chi connectivity index (χ1) is 11.6. The highest BCUT2D eigenvalue weighted by Gasteiger charge is 2.09. The Bertz CT molecular complexity index is 450. The largest absolute Gasteiger partial charge is 0.377 e. The van der Waals surface area contributed by atoms with Gasteiger partial charge in [-0.2, -0.15) is 0 Å². The third kappa shape index (κ3) is 8.17. The van der Waals surface area contributed by atoms with E-state index < -0.39 is 0 Å². The van der Waals surface area contributed by atoms with E-state index in [1.807, 2.05) is 26.0 Å². The van der Waals surface area contributed by atoms with Crippen LogP contribution in [0.15, 0.2) is 12.1 Å². The molecule has 6 nitrogen and oxygen atoms in total. The summed E-state index contributed by atoms with van der Waals surface area (Å²) < 4.78 is 29.3. The zero-order valence-corrected chi connectivity index (χ0v) is 16.5. The van der Waals surface area contributed by atoms with Crippen LogP contribution in [0, 0.1) is 3.57 Å².